The van der Waals surface area contributed by atoms with E-state index in [4.69, 9.17) is 0 Å². The van der Waals surface area contributed by atoms with Crippen molar-refractivity contribution in [1.82, 2.24) is 14.5 Å². The first-order valence-corrected chi connectivity index (χ1v) is 11.0. The third-order valence-electron chi connectivity index (χ3n) is 6.23. The van der Waals surface area contributed by atoms with Gasteiger partial charge in [-0.05, 0) is 44.0 Å². The number of rotatable bonds is 6. The number of benzene rings is 2. The molecular formula is C24H25F3N4O3. The number of para-hydroxylation sites is 4. The van der Waals surface area contributed by atoms with E-state index in [1.165, 1.54) is 23.1 Å². The molecule has 1 N–H and O–H groups in total. The van der Waals surface area contributed by atoms with Crippen molar-refractivity contribution in [3.8, 4) is 5.75 Å². The number of hydrogen-bond acceptors (Lipinski definition) is 4. The fourth-order valence-corrected chi connectivity index (χ4v) is 4.41. The van der Waals surface area contributed by atoms with Gasteiger partial charge in [-0.15, -0.1) is 13.2 Å². The lowest BCUT2D eigenvalue weighted by Crippen LogP contribution is -2.53. The maximum Gasteiger partial charge on any atom is 0.573 e. The Bertz CT molecular complexity index is 1220. The minimum atomic E-state index is -4.89. The molecule has 0 saturated carbocycles. The summed E-state index contributed by atoms with van der Waals surface area (Å²) < 4.78 is 44.2. The lowest BCUT2D eigenvalue weighted by Gasteiger charge is -2.34. The average Bonchev–Trinajstić information content (AvgIpc) is 3.33. The lowest BCUT2D eigenvalue weighted by atomic mass is 9.97. The van der Waals surface area contributed by atoms with Crippen LogP contribution >= 0.6 is 0 Å². The summed E-state index contributed by atoms with van der Waals surface area (Å²) in [6.07, 6.45) is -3.31. The second-order valence-electron chi connectivity index (χ2n) is 8.50. The number of nitrogens with zero attached hydrogens (tertiary/aromatic N) is 3. The van der Waals surface area contributed by atoms with E-state index in [9.17, 15) is 22.8 Å². The molecule has 1 aromatic heterocycles. The number of fused-ring (bicyclic) bond motifs is 1. The Hall–Kier alpha value is -3.56. The Kier molecular flexibility index (Phi) is 6.24. The molecule has 4 rings (SSSR count). The molecule has 2 aromatic carbocycles. The van der Waals surface area contributed by atoms with E-state index in [-0.39, 0.29) is 18.0 Å². The molecule has 7 nitrogen and oxygen atoms in total. The number of aryl methyl sites for hydroxylation is 2. The predicted octanol–water partition coefficient (Wildman–Crippen LogP) is 4.42. The minimum absolute atomic E-state index is 0.106. The second kappa shape index (κ2) is 9.00. The topological polar surface area (TPSA) is 76.5 Å². The highest BCUT2D eigenvalue weighted by molar-refractivity contribution is 6.01. The predicted molar refractivity (Wildman–Crippen MR) is 120 cm³/mol. The van der Waals surface area contributed by atoms with Crippen LogP contribution in [0.1, 0.15) is 32.0 Å². The van der Waals surface area contributed by atoms with Crippen molar-refractivity contribution in [2.75, 3.05) is 11.9 Å². The van der Waals surface area contributed by atoms with Gasteiger partial charge in [0.1, 0.15) is 11.4 Å². The molecule has 0 unspecified atom stereocenters. The molecular weight excluding hydrogens is 449 g/mol. The molecule has 3 aromatic rings. The van der Waals surface area contributed by atoms with Crippen LogP contribution in [-0.4, -0.2) is 44.7 Å². The summed E-state index contributed by atoms with van der Waals surface area (Å²) >= 11 is 0. The summed E-state index contributed by atoms with van der Waals surface area (Å²) in [6.45, 7) is 2.03. The number of imidazole rings is 1. The molecule has 10 heteroatoms. The smallest absolute Gasteiger partial charge is 0.404 e. The molecule has 1 saturated heterocycles. The summed E-state index contributed by atoms with van der Waals surface area (Å²) in [5, 5.41) is 2.53. The zero-order chi connectivity index (χ0) is 24.5. The van der Waals surface area contributed by atoms with Gasteiger partial charge < -0.3 is 19.5 Å². The number of alkyl halides is 3. The lowest BCUT2D eigenvalue weighted by molar-refractivity contribution is -0.274. The van der Waals surface area contributed by atoms with E-state index in [1.54, 1.807) is 6.92 Å². The number of halogens is 3. The number of likely N-dealkylation sites (tertiary alicyclic amines) is 1. The number of hydrogen-bond donors (Lipinski definition) is 1. The number of amides is 2. The summed E-state index contributed by atoms with van der Waals surface area (Å²) in [5.74, 6) is -0.510. The van der Waals surface area contributed by atoms with Crippen LogP contribution < -0.4 is 10.1 Å². The quantitative estimate of drug-likeness (QED) is 0.574. The highest BCUT2D eigenvalue weighted by Crippen LogP contribution is 2.34. The third-order valence-corrected chi connectivity index (χ3v) is 6.23. The van der Waals surface area contributed by atoms with Crippen molar-refractivity contribution in [1.29, 1.82) is 0 Å². The van der Waals surface area contributed by atoms with E-state index < -0.39 is 23.6 Å². The molecule has 0 radical (unpaired) electrons. The third kappa shape index (κ3) is 4.71. The van der Waals surface area contributed by atoms with E-state index >= 15 is 0 Å². The number of nitrogens with one attached hydrogen (secondary N) is 1. The molecule has 1 atom stereocenters. The van der Waals surface area contributed by atoms with Gasteiger partial charge in [-0.3, -0.25) is 9.59 Å². The standard InChI is InChI=1S/C24H25F3N4O3/c1-23(22(33)29-17-9-4-6-11-19(17)34-24(25,26)27)14-7-15-31(23)21(32)13-12-20-28-16-8-3-5-10-18(16)30(20)2/h3-6,8-11H,7,12-15H2,1-2H3,(H,29,33)/t23-/m0/s1. The zero-order valence-corrected chi connectivity index (χ0v) is 18.9. The highest BCUT2D eigenvalue weighted by Gasteiger charge is 2.45. The number of anilines is 1. The SMILES string of the molecule is Cn1c(CCC(=O)N2CCC[C@@]2(C)C(=O)Nc2ccccc2OC(F)(F)F)nc2ccccc21. The Morgan fingerprint density at radius 1 is 1.15 bits per heavy atom. The minimum Gasteiger partial charge on any atom is -0.404 e. The van der Waals surface area contributed by atoms with Gasteiger partial charge in [-0.1, -0.05) is 24.3 Å². The van der Waals surface area contributed by atoms with Crippen molar-refractivity contribution in [2.45, 2.75) is 44.5 Å². The first kappa shape index (κ1) is 23.6. The monoisotopic (exact) mass is 474 g/mol. The Morgan fingerprint density at radius 3 is 2.59 bits per heavy atom. The highest BCUT2D eigenvalue weighted by atomic mass is 19.4. The first-order valence-electron chi connectivity index (χ1n) is 11.0. The van der Waals surface area contributed by atoms with Crippen molar-refractivity contribution in [3.05, 3.63) is 54.4 Å². The molecule has 0 spiro atoms. The summed E-state index contributed by atoms with van der Waals surface area (Å²) in [4.78, 5) is 32.4. The maximum absolute atomic E-state index is 13.2. The normalized spacial score (nSPS) is 18.3. The Morgan fingerprint density at radius 2 is 1.85 bits per heavy atom. The van der Waals surface area contributed by atoms with Crippen molar-refractivity contribution < 1.29 is 27.5 Å². The van der Waals surface area contributed by atoms with Crippen molar-refractivity contribution in [2.24, 2.45) is 7.05 Å². The van der Waals surface area contributed by atoms with E-state index in [0.717, 1.165) is 22.9 Å². The van der Waals surface area contributed by atoms with Crippen LogP contribution in [0.4, 0.5) is 18.9 Å². The molecule has 0 aliphatic carbocycles. The first-order chi connectivity index (χ1) is 16.1. The van der Waals surface area contributed by atoms with Crippen LogP contribution in [0.15, 0.2) is 48.5 Å². The van der Waals surface area contributed by atoms with Crippen LogP contribution in [0.2, 0.25) is 0 Å². The summed E-state index contributed by atoms with van der Waals surface area (Å²) in [6, 6.07) is 13.0. The summed E-state index contributed by atoms with van der Waals surface area (Å²) in [7, 11) is 1.89. The molecule has 0 bridgehead atoms. The maximum atomic E-state index is 13.2. The second-order valence-corrected chi connectivity index (χ2v) is 8.50. The van der Waals surface area contributed by atoms with Gasteiger partial charge >= 0.3 is 6.36 Å². The molecule has 2 heterocycles. The van der Waals surface area contributed by atoms with E-state index in [0.29, 0.717) is 25.8 Å². The van der Waals surface area contributed by atoms with Gasteiger partial charge in [-0.25, -0.2) is 4.98 Å². The molecule has 34 heavy (non-hydrogen) atoms. The van der Waals surface area contributed by atoms with Crippen LogP contribution in [0.25, 0.3) is 11.0 Å². The van der Waals surface area contributed by atoms with Gasteiger partial charge in [0.2, 0.25) is 11.8 Å². The van der Waals surface area contributed by atoms with Crippen molar-refractivity contribution in [3.63, 3.8) is 0 Å². The van der Waals surface area contributed by atoms with Crippen LogP contribution in [0, 0.1) is 0 Å². The molecule has 1 aliphatic heterocycles. The van der Waals surface area contributed by atoms with Crippen LogP contribution in [0.3, 0.4) is 0 Å². The fraction of sp³-hybridized carbons (Fsp3) is 0.375. The number of aromatic nitrogens is 2. The Labute approximate surface area is 194 Å². The number of carbonyl (C=O) groups is 2. The van der Waals surface area contributed by atoms with Gasteiger partial charge in [0.25, 0.3) is 0 Å². The summed E-state index contributed by atoms with van der Waals surface area (Å²) in [5.41, 5.74) is 0.520. The molecule has 1 fully saturated rings. The van der Waals surface area contributed by atoms with Crippen LogP contribution in [-0.2, 0) is 23.1 Å². The molecule has 1 aliphatic rings. The largest absolute Gasteiger partial charge is 0.573 e. The average molecular weight is 474 g/mol. The Balaban J connectivity index is 1.46. The van der Waals surface area contributed by atoms with Gasteiger partial charge in [0.05, 0.1) is 16.7 Å². The van der Waals surface area contributed by atoms with E-state index in [1.807, 2.05) is 35.9 Å². The van der Waals surface area contributed by atoms with Crippen LogP contribution in [0.5, 0.6) is 5.75 Å². The molecule has 180 valence electrons. The number of ether oxygens (including phenoxy) is 1. The zero-order valence-electron chi connectivity index (χ0n) is 18.9. The van der Waals surface area contributed by atoms with Gasteiger partial charge in [0, 0.05) is 26.4 Å². The van der Waals surface area contributed by atoms with Crippen molar-refractivity contribution >= 4 is 28.5 Å². The van der Waals surface area contributed by atoms with Gasteiger partial charge in [-0.2, -0.15) is 0 Å². The number of carbonyl (C=O) groups excluding carboxylic acids is 2. The van der Waals surface area contributed by atoms with E-state index in [2.05, 4.69) is 15.0 Å². The van der Waals surface area contributed by atoms with Gasteiger partial charge in [0.15, 0.2) is 5.75 Å². The fourth-order valence-electron chi connectivity index (χ4n) is 4.41. The molecule has 2 amide bonds.